The highest BCUT2D eigenvalue weighted by molar-refractivity contribution is 6.29. The molecule has 1 aromatic rings. The highest BCUT2D eigenvalue weighted by Crippen LogP contribution is 2.19. The highest BCUT2D eigenvalue weighted by Gasteiger charge is 2.23. The molecular weight excluding hydrogens is 526 g/mol. The van der Waals surface area contributed by atoms with Gasteiger partial charge in [-0.3, -0.25) is 0 Å². The molecule has 0 aliphatic carbocycles. The molecule has 0 aliphatic heterocycles. The van der Waals surface area contributed by atoms with E-state index in [1.807, 2.05) is 6.92 Å². The Morgan fingerprint density at radius 2 is 1.32 bits per heavy atom. The van der Waals surface area contributed by atoms with Gasteiger partial charge >= 0.3 is 0 Å². The lowest BCUT2D eigenvalue weighted by atomic mass is 10.0. The predicted octanol–water partition coefficient (Wildman–Crippen LogP) is 7.89. The van der Waals surface area contributed by atoms with Crippen LogP contribution in [0.15, 0.2) is 12.1 Å². The summed E-state index contributed by atoms with van der Waals surface area (Å²) in [5, 5.41) is 8.30. The maximum absolute atomic E-state index is 6.42. The van der Waals surface area contributed by atoms with Gasteiger partial charge in [0.2, 0.25) is 5.88 Å². The second-order valence-corrected chi connectivity index (χ2v) is 12.6. The van der Waals surface area contributed by atoms with Crippen molar-refractivity contribution in [2.45, 2.75) is 129 Å². The second kappa shape index (κ2) is 23.6. The second-order valence-electron chi connectivity index (χ2n) is 12.2. The maximum Gasteiger partial charge on any atom is 0.233 e. The van der Waals surface area contributed by atoms with E-state index in [9.17, 15) is 0 Å². The molecule has 7 nitrogen and oxygen atoms in total. The van der Waals surface area contributed by atoms with Crippen molar-refractivity contribution in [2.24, 2.45) is 0 Å². The summed E-state index contributed by atoms with van der Waals surface area (Å²) in [4.78, 5) is 0. The maximum atomic E-state index is 6.42. The average molecular weight is 587 g/mol. The van der Waals surface area contributed by atoms with Gasteiger partial charge in [-0.25, -0.2) is 0 Å². The monoisotopic (exact) mass is 586 g/mol. The number of quaternary nitrogens is 1. The van der Waals surface area contributed by atoms with Gasteiger partial charge in [0.25, 0.3) is 0 Å². The molecule has 3 atom stereocenters. The van der Waals surface area contributed by atoms with Crippen molar-refractivity contribution in [3.8, 4) is 5.88 Å². The smallest absolute Gasteiger partial charge is 0.233 e. The Bertz CT molecular complexity index is 702. The Balaban J connectivity index is 2.31. The lowest BCUT2D eigenvalue weighted by molar-refractivity contribution is -0.870. The topological polar surface area (TPSA) is 62.7 Å². The number of halogens is 1. The summed E-state index contributed by atoms with van der Waals surface area (Å²) >= 11 is 5.88. The Labute approximate surface area is 251 Å². The fourth-order valence-corrected chi connectivity index (χ4v) is 4.66. The van der Waals surface area contributed by atoms with Gasteiger partial charge in [-0.05, 0) is 26.3 Å². The van der Waals surface area contributed by atoms with Crippen LogP contribution < -0.4 is 4.74 Å². The quantitative estimate of drug-likeness (QED) is 0.0771. The van der Waals surface area contributed by atoms with Crippen LogP contribution in [0.25, 0.3) is 0 Å². The van der Waals surface area contributed by atoms with E-state index in [1.54, 1.807) is 12.1 Å². The lowest BCUT2D eigenvalue weighted by Gasteiger charge is -2.28. The van der Waals surface area contributed by atoms with Crippen molar-refractivity contribution in [1.82, 2.24) is 10.2 Å². The summed E-state index contributed by atoms with van der Waals surface area (Å²) < 4.78 is 24.9. The van der Waals surface area contributed by atoms with E-state index >= 15 is 0 Å². The van der Waals surface area contributed by atoms with E-state index in [0.29, 0.717) is 30.9 Å². The Morgan fingerprint density at radius 3 is 1.88 bits per heavy atom. The molecule has 40 heavy (non-hydrogen) atoms. The fraction of sp³-hybridized carbons (Fsp3) is 0.875. The molecule has 1 heterocycles. The first kappa shape index (κ1) is 37.0. The van der Waals surface area contributed by atoms with Crippen molar-refractivity contribution in [3.63, 3.8) is 0 Å². The first-order chi connectivity index (χ1) is 19.2. The van der Waals surface area contributed by atoms with Gasteiger partial charge in [0.15, 0.2) is 5.15 Å². The Morgan fingerprint density at radius 1 is 0.750 bits per heavy atom. The van der Waals surface area contributed by atoms with E-state index in [-0.39, 0.29) is 18.3 Å². The van der Waals surface area contributed by atoms with Gasteiger partial charge in [0.1, 0.15) is 12.6 Å². The van der Waals surface area contributed by atoms with Crippen molar-refractivity contribution in [1.29, 1.82) is 0 Å². The molecule has 1 aromatic heterocycles. The molecule has 8 heteroatoms. The fourth-order valence-electron chi connectivity index (χ4n) is 4.55. The van der Waals surface area contributed by atoms with Crippen LogP contribution in [0.3, 0.4) is 0 Å². The summed E-state index contributed by atoms with van der Waals surface area (Å²) in [5.74, 6) is 0.464. The SMILES string of the molecule is CCCCCCCCCCCCCCCC(OC(C)COCCOCC[N+](C)(C)C)C(C)Oc1ccc(Cl)nn1. The molecule has 0 saturated carbocycles. The van der Waals surface area contributed by atoms with Crippen molar-refractivity contribution in [3.05, 3.63) is 17.3 Å². The van der Waals surface area contributed by atoms with E-state index < -0.39 is 0 Å². The van der Waals surface area contributed by atoms with Crippen LogP contribution in [0.5, 0.6) is 5.88 Å². The molecule has 3 unspecified atom stereocenters. The van der Waals surface area contributed by atoms with E-state index in [4.69, 9.17) is 30.5 Å². The normalized spacial score (nSPS) is 14.3. The molecule has 0 radical (unpaired) electrons. The molecule has 0 aromatic carbocycles. The minimum absolute atomic E-state index is 0.0411. The van der Waals surface area contributed by atoms with Crippen LogP contribution in [0, 0.1) is 0 Å². The van der Waals surface area contributed by atoms with E-state index in [0.717, 1.165) is 30.5 Å². The van der Waals surface area contributed by atoms with Gasteiger partial charge in [-0.1, -0.05) is 102 Å². The molecule has 0 spiro atoms. The minimum Gasteiger partial charge on any atom is -0.471 e. The Hall–Kier alpha value is -0.990. The number of unbranched alkanes of at least 4 members (excludes halogenated alkanes) is 12. The number of hydrogen-bond acceptors (Lipinski definition) is 6. The zero-order chi connectivity index (χ0) is 29.5. The molecule has 0 amide bonds. The van der Waals surface area contributed by atoms with Gasteiger partial charge in [-0.2, -0.15) is 0 Å². The summed E-state index contributed by atoms with van der Waals surface area (Å²) in [6.07, 6.45) is 18.2. The zero-order valence-electron chi connectivity index (χ0n) is 26.7. The predicted molar refractivity (Wildman–Crippen MR) is 166 cm³/mol. The summed E-state index contributed by atoms with van der Waals surface area (Å²) in [5.41, 5.74) is 0. The third-order valence-corrected chi connectivity index (χ3v) is 7.27. The number of likely N-dealkylation sites (N-methyl/N-ethyl adjacent to an activating group) is 1. The van der Waals surface area contributed by atoms with E-state index in [2.05, 4.69) is 45.2 Å². The summed E-state index contributed by atoms with van der Waals surface area (Å²) in [7, 11) is 6.49. The van der Waals surface area contributed by atoms with Crippen LogP contribution in [0.4, 0.5) is 0 Å². The zero-order valence-corrected chi connectivity index (χ0v) is 27.4. The van der Waals surface area contributed by atoms with E-state index in [1.165, 1.54) is 77.0 Å². The van der Waals surface area contributed by atoms with Gasteiger partial charge in [-0.15, -0.1) is 10.2 Å². The third-order valence-electron chi connectivity index (χ3n) is 7.07. The van der Waals surface area contributed by atoms with Gasteiger partial charge in [0.05, 0.1) is 59.8 Å². The van der Waals surface area contributed by atoms with Crippen LogP contribution >= 0.6 is 11.6 Å². The average Bonchev–Trinajstić information content (AvgIpc) is 2.90. The number of rotatable bonds is 27. The van der Waals surface area contributed by atoms with Crippen molar-refractivity contribution < 1.29 is 23.4 Å². The molecule has 234 valence electrons. The summed E-state index contributed by atoms with van der Waals surface area (Å²) in [6, 6.07) is 3.44. The van der Waals surface area contributed by atoms with Crippen molar-refractivity contribution in [2.75, 3.05) is 54.1 Å². The molecule has 0 saturated heterocycles. The molecular formula is C32H61ClN3O4+. The summed E-state index contributed by atoms with van der Waals surface area (Å²) in [6.45, 7) is 9.80. The highest BCUT2D eigenvalue weighted by atomic mass is 35.5. The van der Waals surface area contributed by atoms with Crippen LogP contribution in [-0.4, -0.2) is 87.1 Å². The first-order valence-electron chi connectivity index (χ1n) is 16.0. The Kier molecular flexibility index (Phi) is 21.8. The number of ether oxygens (including phenoxy) is 4. The van der Waals surface area contributed by atoms with Gasteiger partial charge in [0, 0.05) is 6.07 Å². The standard InChI is InChI=1S/C32H61ClN3O4/c1-7-8-9-10-11-12-13-14-15-16-17-18-19-20-30(29(3)40-32-22-21-31(33)34-35-32)39-28(2)27-38-26-25-37-24-23-36(4,5)6/h21-22,28-30H,7-20,23-27H2,1-6H3/q+1. The molecule has 0 fully saturated rings. The number of hydrogen-bond donors (Lipinski definition) is 0. The number of nitrogens with zero attached hydrogens (tertiary/aromatic N) is 3. The lowest BCUT2D eigenvalue weighted by Crippen LogP contribution is -2.37. The minimum atomic E-state index is -0.158. The largest absolute Gasteiger partial charge is 0.471 e. The van der Waals surface area contributed by atoms with Crippen molar-refractivity contribution >= 4 is 11.6 Å². The first-order valence-corrected chi connectivity index (χ1v) is 16.4. The third kappa shape index (κ3) is 21.7. The molecule has 0 aliphatic rings. The molecule has 0 N–H and O–H groups in total. The van der Waals surface area contributed by atoms with Crippen LogP contribution in [-0.2, 0) is 14.2 Å². The van der Waals surface area contributed by atoms with Crippen LogP contribution in [0.1, 0.15) is 111 Å². The molecule has 0 bridgehead atoms. The number of aromatic nitrogens is 2. The van der Waals surface area contributed by atoms with Crippen LogP contribution in [0.2, 0.25) is 5.15 Å². The molecule has 1 rings (SSSR count). The van der Waals surface area contributed by atoms with Gasteiger partial charge < -0.3 is 23.4 Å².